The zero-order valence-electron chi connectivity index (χ0n) is 2.86. The van der Waals surface area contributed by atoms with Gasteiger partial charge in [-0.3, -0.25) is 0 Å². The van der Waals surface area contributed by atoms with Crippen molar-refractivity contribution in [2.45, 2.75) is 5.25 Å². The number of rotatable bonds is 1. The zero-order valence-corrected chi connectivity index (χ0v) is 7.06. The number of aliphatic hydroxyl groups is 1. The Morgan fingerprint density at radius 3 is 2.00 bits per heavy atom. The summed E-state index contributed by atoms with van der Waals surface area (Å²) < 4.78 is 0. The Bertz CT molecular complexity index is 8.00. The summed E-state index contributed by atoms with van der Waals surface area (Å²) in [5.74, 6) is 0. The quantitative estimate of drug-likeness (QED) is 0.430. The molecule has 0 amide bonds. The molecule has 2 heteroatoms. The Labute approximate surface area is 34.2 Å². The van der Waals surface area contributed by atoms with E-state index in [1.165, 1.54) is 0 Å². The molecule has 0 rings (SSSR count). The van der Waals surface area contributed by atoms with Crippen molar-refractivity contribution in [3.8, 4) is 0 Å². The predicted octanol–water partition coefficient (Wildman–Crippen LogP) is -1.24. The molecule has 0 spiro atoms. The SMILES string of the molecule is OC[CH2][GeH3]. The number of aliphatic hydroxyl groups excluding tert-OH is 1. The fourth-order valence-electron chi connectivity index (χ4n) is 0. The van der Waals surface area contributed by atoms with Crippen LogP contribution in [0.15, 0.2) is 0 Å². The van der Waals surface area contributed by atoms with Crippen molar-refractivity contribution in [3.05, 3.63) is 0 Å². The van der Waals surface area contributed by atoms with E-state index in [2.05, 4.69) is 0 Å². The van der Waals surface area contributed by atoms with E-state index in [1.807, 2.05) is 0 Å². The molecule has 0 radical (unpaired) electrons. The Morgan fingerprint density at radius 1 is 1.75 bits per heavy atom. The second-order valence-corrected chi connectivity index (χ2v) is 2.82. The van der Waals surface area contributed by atoms with Gasteiger partial charge in [-0.15, -0.1) is 0 Å². The Kier molecular flexibility index (Phi) is 3.94. The van der Waals surface area contributed by atoms with Gasteiger partial charge in [0.1, 0.15) is 0 Å². The van der Waals surface area contributed by atoms with Crippen molar-refractivity contribution < 1.29 is 5.11 Å². The van der Waals surface area contributed by atoms with Crippen LogP contribution in [0.4, 0.5) is 0 Å². The van der Waals surface area contributed by atoms with Crippen molar-refractivity contribution in [1.82, 2.24) is 0 Å². The molecule has 0 saturated carbocycles. The van der Waals surface area contributed by atoms with Crippen LogP contribution in [-0.4, -0.2) is 28.2 Å². The van der Waals surface area contributed by atoms with Crippen molar-refractivity contribution in [2.75, 3.05) is 6.61 Å². The van der Waals surface area contributed by atoms with Gasteiger partial charge < -0.3 is 0 Å². The third kappa shape index (κ3) is 2.50. The molecule has 0 aromatic rings. The molecule has 1 nitrogen and oxygen atoms in total. The van der Waals surface area contributed by atoms with Crippen molar-refractivity contribution in [3.63, 3.8) is 0 Å². The van der Waals surface area contributed by atoms with Crippen LogP contribution in [0.25, 0.3) is 0 Å². The summed E-state index contributed by atoms with van der Waals surface area (Å²) in [4.78, 5) is 0. The molecule has 0 aliphatic rings. The van der Waals surface area contributed by atoms with Gasteiger partial charge in [0.05, 0.1) is 0 Å². The summed E-state index contributed by atoms with van der Waals surface area (Å²) in [6.45, 7) is 0.403. The standard InChI is InChI=1S/C2H8GeO/c3-1-2-4/h4H,1-2H2,3H3. The molecule has 0 unspecified atom stereocenters. The molecule has 26 valence electrons. The van der Waals surface area contributed by atoms with Crippen LogP contribution in [0, 0.1) is 0 Å². The van der Waals surface area contributed by atoms with Gasteiger partial charge in [-0.2, -0.15) is 0 Å². The molecule has 0 heterocycles. The fourth-order valence-corrected chi connectivity index (χ4v) is 0. The van der Waals surface area contributed by atoms with Crippen LogP contribution < -0.4 is 0 Å². The first-order valence-electron chi connectivity index (χ1n) is 1.52. The van der Waals surface area contributed by atoms with Crippen LogP contribution >= 0.6 is 0 Å². The number of hydrogen-bond acceptors (Lipinski definition) is 1. The van der Waals surface area contributed by atoms with E-state index >= 15 is 0 Å². The second kappa shape index (κ2) is 3.50. The Hall–Kier alpha value is 0.503. The molecule has 0 aliphatic carbocycles. The van der Waals surface area contributed by atoms with Gasteiger partial charge in [0, 0.05) is 0 Å². The molecule has 0 fully saturated rings. The van der Waals surface area contributed by atoms with Gasteiger partial charge >= 0.3 is 33.5 Å². The van der Waals surface area contributed by atoms with Crippen LogP contribution in [0.1, 0.15) is 0 Å². The summed E-state index contributed by atoms with van der Waals surface area (Å²) in [5.41, 5.74) is 0. The Morgan fingerprint density at radius 2 is 2.00 bits per heavy atom. The van der Waals surface area contributed by atoms with E-state index in [-0.39, 0.29) is 0 Å². The minimum atomic E-state index is 0.403. The topological polar surface area (TPSA) is 20.2 Å². The van der Waals surface area contributed by atoms with E-state index in [9.17, 15) is 0 Å². The molecular weight excluding hydrogens is 113 g/mol. The monoisotopic (exact) mass is 122 g/mol. The normalized spacial score (nSPS) is 8.25. The maximum absolute atomic E-state index is 7.92. The maximum atomic E-state index is 7.92. The zero-order chi connectivity index (χ0) is 3.41. The first-order valence-corrected chi connectivity index (χ1v) is 4.49. The molecule has 4 heavy (non-hydrogen) atoms. The minimum absolute atomic E-state index is 0.403. The first-order chi connectivity index (χ1) is 1.91. The fraction of sp³-hybridized carbons (Fsp3) is 1.00. The third-order valence-electron chi connectivity index (χ3n) is 0.224. The van der Waals surface area contributed by atoms with Gasteiger partial charge in [0.25, 0.3) is 0 Å². The summed E-state index contributed by atoms with van der Waals surface area (Å²) in [6.07, 6.45) is 0. The van der Waals surface area contributed by atoms with Gasteiger partial charge in [0.15, 0.2) is 0 Å². The average Bonchev–Trinajstić information content (AvgIpc) is 1.37. The van der Waals surface area contributed by atoms with E-state index in [0.29, 0.717) is 6.61 Å². The van der Waals surface area contributed by atoms with E-state index < -0.39 is 0 Å². The van der Waals surface area contributed by atoms with Gasteiger partial charge in [-0.1, -0.05) is 0 Å². The molecule has 1 N–H and O–H groups in total. The van der Waals surface area contributed by atoms with Crippen LogP contribution in [0.3, 0.4) is 0 Å². The summed E-state index contributed by atoms with van der Waals surface area (Å²) in [6, 6.07) is 0. The first kappa shape index (κ1) is 4.50. The second-order valence-electron chi connectivity index (χ2n) is 0.724. The van der Waals surface area contributed by atoms with Gasteiger partial charge in [-0.25, -0.2) is 0 Å². The summed E-state index contributed by atoms with van der Waals surface area (Å²) in [7, 11) is 0. The Balaban J connectivity index is 1.97. The molecule has 0 aromatic heterocycles. The summed E-state index contributed by atoms with van der Waals surface area (Å²) >= 11 is 0.863. The average molecular weight is 121 g/mol. The number of hydrogen-bond donors (Lipinski definition) is 1. The molecule has 0 aliphatic heterocycles. The van der Waals surface area contributed by atoms with Crippen LogP contribution in [-0.2, 0) is 0 Å². The van der Waals surface area contributed by atoms with Gasteiger partial charge in [0.2, 0.25) is 0 Å². The summed E-state index contributed by atoms with van der Waals surface area (Å²) in [5, 5.41) is 8.98. The molecule has 0 saturated heterocycles. The van der Waals surface area contributed by atoms with Gasteiger partial charge in [-0.05, 0) is 0 Å². The van der Waals surface area contributed by atoms with Crippen molar-refractivity contribution in [2.24, 2.45) is 0 Å². The predicted molar refractivity (Wildman–Crippen MR) is 21.8 cm³/mol. The van der Waals surface area contributed by atoms with Crippen molar-refractivity contribution in [1.29, 1.82) is 0 Å². The van der Waals surface area contributed by atoms with Crippen LogP contribution in [0.2, 0.25) is 5.25 Å². The third-order valence-corrected chi connectivity index (χ3v) is 1.16. The van der Waals surface area contributed by atoms with Crippen LogP contribution in [0.5, 0.6) is 0 Å². The van der Waals surface area contributed by atoms with E-state index in [4.69, 9.17) is 5.11 Å². The van der Waals surface area contributed by atoms with E-state index in [1.54, 1.807) is 0 Å². The molecular formula is C2H8GeO. The molecule has 0 atom stereocenters. The molecule has 0 aromatic carbocycles. The molecule has 0 bridgehead atoms. The van der Waals surface area contributed by atoms with E-state index in [0.717, 1.165) is 21.8 Å². The van der Waals surface area contributed by atoms with Crippen molar-refractivity contribution >= 4 is 16.5 Å².